The minimum Gasteiger partial charge on any atom is -0.377 e. The van der Waals surface area contributed by atoms with Crippen molar-refractivity contribution in [1.29, 1.82) is 0 Å². The maximum absolute atomic E-state index is 12.4. The molecule has 16 heavy (non-hydrogen) atoms. The Hall–Kier alpha value is -1.16. The van der Waals surface area contributed by atoms with Gasteiger partial charge in [-0.1, -0.05) is 18.2 Å². The van der Waals surface area contributed by atoms with Crippen LogP contribution in [0.4, 0.5) is 14.5 Å². The monoisotopic (exact) mass is 228 g/mol. The number of hydrogen-bond donors (Lipinski definition) is 1. The summed E-state index contributed by atoms with van der Waals surface area (Å²) in [5, 5.41) is 2.84. The molecule has 1 atom stereocenters. The van der Waals surface area contributed by atoms with Gasteiger partial charge in [0, 0.05) is 12.2 Å². The number of benzene rings is 1. The Kier molecular flexibility index (Phi) is 4.68. The van der Waals surface area contributed by atoms with E-state index in [0.29, 0.717) is 0 Å². The molecular formula is C12H18F2N2. The lowest BCUT2D eigenvalue weighted by atomic mass is 10.1. The Morgan fingerprint density at radius 1 is 1.25 bits per heavy atom. The predicted molar refractivity (Wildman–Crippen MR) is 62.9 cm³/mol. The third kappa shape index (κ3) is 3.77. The molecule has 2 nitrogen and oxygen atoms in total. The Bertz CT molecular complexity index is 327. The lowest BCUT2D eigenvalue weighted by Gasteiger charge is -2.19. The molecule has 0 bridgehead atoms. The van der Waals surface area contributed by atoms with Gasteiger partial charge in [-0.15, -0.1) is 0 Å². The number of nitrogens with one attached hydrogen (secondary N) is 1. The summed E-state index contributed by atoms with van der Waals surface area (Å²) in [5.41, 5.74) is 1.81. The van der Waals surface area contributed by atoms with E-state index >= 15 is 0 Å². The molecule has 0 amide bonds. The van der Waals surface area contributed by atoms with E-state index in [4.69, 9.17) is 0 Å². The Balaban J connectivity index is 2.78. The zero-order valence-corrected chi connectivity index (χ0v) is 9.87. The fraction of sp³-hybridized carbons (Fsp3) is 0.500. The van der Waals surface area contributed by atoms with Crippen molar-refractivity contribution in [2.75, 3.05) is 19.4 Å². The molecular weight excluding hydrogens is 210 g/mol. The van der Waals surface area contributed by atoms with E-state index in [1.54, 1.807) is 0 Å². The third-order valence-electron chi connectivity index (χ3n) is 2.27. The first-order valence-corrected chi connectivity index (χ1v) is 5.28. The van der Waals surface area contributed by atoms with Gasteiger partial charge in [0.15, 0.2) is 0 Å². The van der Waals surface area contributed by atoms with Gasteiger partial charge in [-0.2, -0.15) is 0 Å². The van der Waals surface area contributed by atoms with Crippen LogP contribution >= 0.6 is 0 Å². The van der Waals surface area contributed by atoms with Crippen molar-refractivity contribution in [3.8, 4) is 0 Å². The molecule has 0 fully saturated rings. The molecule has 0 radical (unpaired) electrons. The summed E-state index contributed by atoms with van der Waals surface area (Å²) < 4.78 is 24.9. The van der Waals surface area contributed by atoms with Crippen LogP contribution in [0.25, 0.3) is 0 Å². The Morgan fingerprint density at radius 3 is 2.44 bits per heavy atom. The highest BCUT2D eigenvalue weighted by Gasteiger charge is 2.15. The second kappa shape index (κ2) is 5.80. The van der Waals surface area contributed by atoms with Gasteiger partial charge >= 0.3 is 0 Å². The molecule has 4 heteroatoms. The largest absolute Gasteiger partial charge is 0.377 e. The average Bonchev–Trinajstić information content (AvgIpc) is 2.20. The van der Waals surface area contributed by atoms with E-state index in [0.717, 1.165) is 17.8 Å². The van der Waals surface area contributed by atoms with Crippen LogP contribution in [-0.4, -0.2) is 31.5 Å². The van der Waals surface area contributed by atoms with Crippen LogP contribution in [0.15, 0.2) is 24.3 Å². The summed E-state index contributed by atoms with van der Waals surface area (Å²) in [6, 6.07) is 6.71. The van der Waals surface area contributed by atoms with Crippen molar-refractivity contribution in [2.45, 2.75) is 25.9 Å². The summed E-state index contributed by atoms with van der Waals surface area (Å²) >= 11 is 0. The molecule has 0 aliphatic rings. The Morgan fingerprint density at radius 2 is 1.88 bits per heavy atom. The number of rotatable bonds is 5. The maximum Gasteiger partial charge on any atom is 0.258 e. The summed E-state index contributed by atoms with van der Waals surface area (Å²) in [7, 11) is 3.90. The smallest absolute Gasteiger partial charge is 0.258 e. The van der Waals surface area contributed by atoms with Gasteiger partial charge in [-0.25, -0.2) is 8.78 Å². The molecule has 0 aromatic heterocycles. The quantitative estimate of drug-likeness (QED) is 0.833. The van der Waals surface area contributed by atoms with Crippen molar-refractivity contribution in [3.05, 3.63) is 29.8 Å². The minimum absolute atomic E-state index is 0.735. The molecule has 0 saturated carbocycles. The molecule has 1 N–H and O–H groups in total. The predicted octanol–water partition coefficient (Wildman–Crippen LogP) is 2.81. The fourth-order valence-electron chi connectivity index (χ4n) is 1.45. The molecule has 1 aromatic rings. The van der Waals surface area contributed by atoms with E-state index in [1.165, 1.54) is 6.92 Å². The van der Waals surface area contributed by atoms with E-state index in [9.17, 15) is 8.78 Å². The zero-order chi connectivity index (χ0) is 12.1. The minimum atomic E-state index is -2.35. The van der Waals surface area contributed by atoms with Gasteiger partial charge < -0.3 is 10.2 Å². The second-order valence-electron chi connectivity index (χ2n) is 4.16. The number of hydrogen-bond acceptors (Lipinski definition) is 2. The van der Waals surface area contributed by atoms with Gasteiger partial charge in [0.25, 0.3) is 6.43 Å². The van der Waals surface area contributed by atoms with Crippen LogP contribution in [-0.2, 0) is 6.54 Å². The first-order chi connectivity index (χ1) is 7.50. The van der Waals surface area contributed by atoms with Crippen LogP contribution < -0.4 is 5.32 Å². The normalized spacial score (nSPS) is 13.2. The number of halogens is 2. The SMILES string of the molecule is CC(Nc1ccccc1CN(C)C)C(F)F. The van der Waals surface area contributed by atoms with Gasteiger partial charge in [-0.05, 0) is 32.6 Å². The third-order valence-corrected chi connectivity index (χ3v) is 2.27. The van der Waals surface area contributed by atoms with E-state index < -0.39 is 12.5 Å². The van der Waals surface area contributed by atoms with Crippen LogP contribution in [0.5, 0.6) is 0 Å². The molecule has 0 spiro atoms. The zero-order valence-electron chi connectivity index (χ0n) is 9.87. The van der Waals surface area contributed by atoms with Crippen LogP contribution in [0.2, 0.25) is 0 Å². The molecule has 90 valence electrons. The van der Waals surface area contributed by atoms with E-state index in [2.05, 4.69) is 5.32 Å². The first-order valence-electron chi connectivity index (χ1n) is 5.28. The highest BCUT2D eigenvalue weighted by atomic mass is 19.3. The van der Waals surface area contributed by atoms with E-state index in [-0.39, 0.29) is 0 Å². The van der Waals surface area contributed by atoms with E-state index in [1.807, 2.05) is 43.3 Å². The number of nitrogens with zero attached hydrogens (tertiary/aromatic N) is 1. The Labute approximate surface area is 95.3 Å². The van der Waals surface area contributed by atoms with Crippen LogP contribution in [0.1, 0.15) is 12.5 Å². The van der Waals surface area contributed by atoms with Gasteiger partial charge in [0.05, 0.1) is 6.04 Å². The average molecular weight is 228 g/mol. The molecule has 1 rings (SSSR count). The fourth-order valence-corrected chi connectivity index (χ4v) is 1.45. The number of para-hydroxylation sites is 1. The van der Waals surface area contributed by atoms with Crippen LogP contribution in [0, 0.1) is 0 Å². The molecule has 0 heterocycles. The summed E-state index contributed by atoms with van der Waals surface area (Å²) in [5.74, 6) is 0. The summed E-state index contributed by atoms with van der Waals surface area (Å²) in [6.45, 7) is 2.22. The van der Waals surface area contributed by atoms with Gasteiger partial charge in [0.1, 0.15) is 0 Å². The van der Waals surface area contributed by atoms with Crippen LogP contribution in [0.3, 0.4) is 0 Å². The van der Waals surface area contributed by atoms with Crippen molar-refractivity contribution in [2.24, 2.45) is 0 Å². The van der Waals surface area contributed by atoms with Crippen molar-refractivity contribution in [3.63, 3.8) is 0 Å². The van der Waals surface area contributed by atoms with Crippen molar-refractivity contribution < 1.29 is 8.78 Å². The standard InChI is InChI=1S/C12H18F2N2/c1-9(12(13)14)15-11-7-5-4-6-10(11)8-16(2)3/h4-7,9,12,15H,8H2,1-3H3. The number of alkyl halides is 2. The first kappa shape index (κ1) is 12.9. The second-order valence-corrected chi connectivity index (χ2v) is 4.16. The van der Waals surface area contributed by atoms with Gasteiger partial charge in [0.2, 0.25) is 0 Å². The molecule has 1 unspecified atom stereocenters. The van der Waals surface area contributed by atoms with Gasteiger partial charge in [-0.3, -0.25) is 0 Å². The molecule has 0 saturated heterocycles. The highest BCUT2D eigenvalue weighted by Crippen LogP contribution is 2.18. The topological polar surface area (TPSA) is 15.3 Å². The highest BCUT2D eigenvalue weighted by molar-refractivity contribution is 5.51. The maximum atomic E-state index is 12.4. The summed E-state index contributed by atoms with van der Waals surface area (Å²) in [4.78, 5) is 2.01. The molecule has 0 aliphatic heterocycles. The lowest BCUT2D eigenvalue weighted by molar-refractivity contribution is 0.130. The lowest BCUT2D eigenvalue weighted by Crippen LogP contribution is -2.25. The summed E-state index contributed by atoms with van der Waals surface area (Å²) in [6.07, 6.45) is -2.35. The molecule has 1 aromatic carbocycles. The van der Waals surface area contributed by atoms with Crippen molar-refractivity contribution in [1.82, 2.24) is 4.90 Å². The van der Waals surface area contributed by atoms with Crippen molar-refractivity contribution >= 4 is 5.69 Å². The number of anilines is 1. The molecule has 0 aliphatic carbocycles.